The van der Waals surface area contributed by atoms with Crippen molar-refractivity contribution < 1.29 is 9.53 Å². The Morgan fingerprint density at radius 1 is 1.36 bits per heavy atom. The fourth-order valence-corrected chi connectivity index (χ4v) is 2.70. The number of likely N-dealkylation sites (tertiary alicyclic amines) is 1. The molecule has 0 radical (unpaired) electrons. The lowest BCUT2D eigenvalue weighted by molar-refractivity contribution is -0.118. The molecule has 1 saturated heterocycles. The van der Waals surface area contributed by atoms with Crippen molar-refractivity contribution in [2.75, 3.05) is 31.6 Å². The van der Waals surface area contributed by atoms with Crippen LogP contribution in [0.3, 0.4) is 0 Å². The van der Waals surface area contributed by atoms with E-state index >= 15 is 0 Å². The van der Waals surface area contributed by atoms with E-state index in [1.165, 1.54) is 0 Å². The van der Waals surface area contributed by atoms with E-state index in [9.17, 15) is 4.79 Å². The normalized spacial score (nSPS) is 16.9. The van der Waals surface area contributed by atoms with E-state index in [0.717, 1.165) is 32.5 Å². The van der Waals surface area contributed by atoms with Crippen molar-refractivity contribution in [3.63, 3.8) is 0 Å². The number of para-hydroxylation sites is 1. The summed E-state index contributed by atoms with van der Waals surface area (Å²) in [7, 11) is 0. The first-order chi connectivity index (χ1) is 10.5. The highest BCUT2D eigenvalue weighted by atomic mass is 35.5. The highest BCUT2D eigenvalue weighted by Crippen LogP contribution is 2.20. The third-order valence-electron chi connectivity index (χ3n) is 3.72. The fourth-order valence-electron chi connectivity index (χ4n) is 2.52. The first kappa shape index (κ1) is 17.3. The number of nitrogens with zero attached hydrogens (tertiary/aromatic N) is 1. The van der Waals surface area contributed by atoms with Gasteiger partial charge in [0.15, 0.2) is 0 Å². The summed E-state index contributed by atoms with van der Waals surface area (Å²) in [6.07, 6.45) is 2.32. The molecule has 0 saturated carbocycles. The number of benzene rings is 1. The lowest BCUT2D eigenvalue weighted by atomic mass is 10.1. The Morgan fingerprint density at radius 3 is 2.68 bits per heavy atom. The van der Waals surface area contributed by atoms with E-state index in [1.807, 2.05) is 18.2 Å². The Bertz CT molecular complexity index is 485. The maximum Gasteiger partial charge on any atom is 0.238 e. The predicted molar refractivity (Wildman–Crippen MR) is 90.3 cm³/mol. The molecule has 0 atom stereocenters. The van der Waals surface area contributed by atoms with Crippen LogP contribution in [0.15, 0.2) is 24.3 Å². The van der Waals surface area contributed by atoms with E-state index < -0.39 is 0 Å². The van der Waals surface area contributed by atoms with Gasteiger partial charge in [0.1, 0.15) is 0 Å². The Kier molecular flexibility index (Phi) is 6.68. The summed E-state index contributed by atoms with van der Waals surface area (Å²) >= 11 is 6.05. The number of carbonyl (C=O) groups excluding carboxylic acids is 1. The number of ether oxygens (including phenoxy) is 1. The van der Waals surface area contributed by atoms with Crippen molar-refractivity contribution in [1.29, 1.82) is 0 Å². The van der Waals surface area contributed by atoms with Crippen molar-refractivity contribution in [2.45, 2.75) is 32.8 Å². The molecule has 0 aliphatic carbocycles. The minimum atomic E-state index is -0.0188. The smallest absolute Gasteiger partial charge is 0.238 e. The van der Waals surface area contributed by atoms with Gasteiger partial charge in [-0.3, -0.25) is 9.69 Å². The van der Waals surface area contributed by atoms with E-state index in [2.05, 4.69) is 24.1 Å². The topological polar surface area (TPSA) is 41.6 Å². The molecule has 1 aromatic carbocycles. The molecule has 22 heavy (non-hydrogen) atoms. The minimum Gasteiger partial charge on any atom is -0.378 e. The van der Waals surface area contributed by atoms with Crippen LogP contribution in [0.5, 0.6) is 0 Å². The molecule has 0 aromatic heterocycles. The van der Waals surface area contributed by atoms with Crippen LogP contribution < -0.4 is 5.32 Å². The van der Waals surface area contributed by atoms with Crippen molar-refractivity contribution in [3.05, 3.63) is 29.3 Å². The van der Waals surface area contributed by atoms with Gasteiger partial charge in [0.25, 0.3) is 0 Å². The van der Waals surface area contributed by atoms with Crippen LogP contribution >= 0.6 is 11.6 Å². The van der Waals surface area contributed by atoms with E-state index in [4.69, 9.17) is 16.3 Å². The monoisotopic (exact) mass is 324 g/mol. The van der Waals surface area contributed by atoms with Gasteiger partial charge in [-0.25, -0.2) is 0 Å². The second-order valence-electron chi connectivity index (χ2n) is 6.23. The Morgan fingerprint density at radius 2 is 2.05 bits per heavy atom. The number of hydrogen-bond acceptors (Lipinski definition) is 3. The van der Waals surface area contributed by atoms with Crippen molar-refractivity contribution in [1.82, 2.24) is 4.90 Å². The predicted octanol–water partition coefficient (Wildman–Crippen LogP) is 3.42. The molecule has 0 bridgehead atoms. The Hall–Kier alpha value is -1.10. The van der Waals surface area contributed by atoms with Crippen LogP contribution in [0.1, 0.15) is 26.7 Å². The van der Waals surface area contributed by atoms with Crippen LogP contribution in [0.2, 0.25) is 5.02 Å². The minimum absolute atomic E-state index is 0.0188. The molecule has 1 fully saturated rings. The molecular formula is C17H25ClN2O2. The van der Waals surface area contributed by atoms with Gasteiger partial charge in [-0.1, -0.05) is 37.6 Å². The maximum atomic E-state index is 12.1. The van der Waals surface area contributed by atoms with Crippen molar-refractivity contribution in [2.24, 2.45) is 5.92 Å². The first-order valence-electron chi connectivity index (χ1n) is 7.93. The van der Waals surface area contributed by atoms with Gasteiger partial charge in [0.05, 0.1) is 23.4 Å². The second-order valence-corrected chi connectivity index (χ2v) is 6.64. The molecule has 1 aliphatic rings. The number of nitrogens with one attached hydrogen (secondary N) is 1. The Labute approximate surface area is 137 Å². The molecule has 1 N–H and O–H groups in total. The summed E-state index contributed by atoms with van der Waals surface area (Å²) in [6.45, 7) is 7.35. The number of carbonyl (C=O) groups is 1. The molecule has 0 spiro atoms. The average Bonchev–Trinajstić information content (AvgIpc) is 2.49. The molecule has 0 unspecified atom stereocenters. The van der Waals surface area contributed by atoms with Gasteiger partial charge < -0.3 is 10.1 Å². The van der Waals surface area contributed by atoms with Crippen LogP contribution in [0.4, 0.5) is 5.69 Å². The van der Waals surface area contributed by atoms with E-state index in [1.54, 1.807) is 6.07 Å². The van der Waals surface area contributed by atoms with Gasteiger partial charge >= 0.3 is 0 Å². The molecule has 2 rings (SSSR count). The number of halogens is 1. The molecular weight excluding hydrogens is 300 g/mol. The van der Waals surface area contributed by atoms with Gasteiger partial charge in [0, 0.05) is 19.7 Å². The quantitative estimate of drug-likeness (QED) is 0.871. The zero-order valence-corrected chi connectivity index (χ0v) is 14.1. The van der Waals surface area contributed by atoms with Gasteiger partial charge in [-0.2, -0.15) is 0 Å². The van der Waals surface area contributed by atoms with Gasteiger partial charge in [0.2, 0.25) is 5.91 Å². The standard InChI is InChI=1S/C17H25ClN2O2/c1-13(2)12-22-14-7-9-20(10-8-14)11-17(21)19-16-6-4-3-5-15(16)18/h3-6,13-14H,7-12H2,1-2H3,(H,19,21). The molecule has 4 nitrogen and oxygen atoms in total. The summed E-state index contributed by atoms with van der Waals surface area (Å²) in [5.41, 5.74) is 0.671. The molecule has 5 heteroatoms. The highest BCUT2D eigenvalue weighted by Gasteiger charge is 2.21. The number of hydrogen-bond donors (Lipinski definition) is 1. The molecule has 122 valence electrons. The number of amides is 1. The number of rotatable bonds is 6. The van der Waals surface area contributed by atoms with Crippen LogP contribution in [-0.2, 0) is 9.53 Å². The van der Waals surface area contributed by atoms with Crippen molar-refractivity contribution >= 4 is 23.2 Å². The lowest BCUT2D eigenvalue weighted by Crippen LogP contribution is -2.41. The largest absolute Gasteiger partial charge is 0.378 e. The third kappa shape index (κ3) is 5.59. The molecule has 1 heterocycles. The summed E-state index contributed by atoms with van der Waals surface area (Å²) in [5, 5.41) is 3.43. The summed E-state index contributed by atoms with van der Waals surface area (Å²) in [6, 6.07) is 7.29. The van der Waals surface area contributed by atoms with Crippen molar-refractivity contribution in [3.8, 4) is 0 Å². The van der Waals surface area contributed by atoms with E-state index in [-0.39, 0.29) is 5.91 Å². The van der Waals surface area contributed by atoms with E-state index in [0.29, 0.717) is 29.3 Å². The average molecular weight is 325 g/mol. The van der Waals surface area contributed by atoms with Gasteiger partial charge in [-0.05, 0) is 30.9 Å². The number of piperidine rings is 1. The fraction of sp³-hybridized carbons (Fsp3) is 0.588. The third-order valence-corrected chi connectivity index (χ3v) is 4.04. The lowest BCUT2D eigenvalue weighted by Gasteiger charge is -2.31. The second kappa shape index (κ2) is 8.51. The van der Waals surface area contributed by atoms with Gasteiger partial charge in [-0.15, -0.1) is 0 Å². The molecule has 1 aliphatic heterocycles. The molecule has 1 aromatic rings. The summed E-state index contributed by atoms with van der Waals surface area (Å²) < 4.78 is 5.86. The van der Waals surface area contributed by atoms with Crippen LogP contribution in [0, 0.1) is 5.92 Å². The number of anilines is 1. The summed E-state index contributed by atoms with van der Waals surface area (Å²) in [4.78, 5) is 14.3. The summed E-state index contributed by atoms with van der Waals surface area (Å²) in [5.74, 6) is 0.550. The zero-order chi connectivity index (χ0) is 15.9. The molecule has 1 amide bonds. The van der Waals surface area contributed by atoms with Crippen LogP contribution in [-0.4, -0.2) is 43.2 Å². The Balaban J connectivity index is 1.72. The highest BCUT2D eigenvalue weighted by molar-refractivity contribution is 6.33. The van der Waals surface area contributed by atoms with Crippen LogP contribution in [0.25, 0.3) is 0 Å². The SMILES string of the molecule is CC(C)COC1CCN(CC(=O)Nc2ccccc2Cl)CC1. The maximum absolute atomic E-state index is 12.1. The zero-order valence-electron chi connectivity index (χ0n) is 13.3. The first-order valence-corrected chi connectivity index (χ1v) is 8.30.